The Bertz CT molecular complexity index is 507. The van der Waals surface area contributed by atoms with E-state index in [0.29, 0.717) is 5.56 Å². The molecule has 0 saturated heterocycles. The fourth-order valence-electron chi connectivity index (χ4n) is 1.42. The lowest BCUT2D eigenvalue weighted by Gasteiger charge is -2.15. The molecule has 0 unspecified atom stereocenters. The summed E-state index contributed by atoms with van der Waals surface area (Å²) in [5.74, 6) is 0.200. The summed E-state index contributed by atoms with van der Waals surface area (Å²) in [5, 5.41) is 0.466. The maximum Gasteiger partial charge on any atom is 0.287 e. The third-order valence-corrected chi connectivity index (χ3v) is 4.42. The Hall–Kier alpha value is 0.500. The van der Waals surface area contributed by atoms with Crippen LogP contribution in [-0.2, 0) is 9.26 Å². The number of rotatable bonds is 0. The monoisotopic (exact) mass is 336 g/mol. The van der Waals surface area contributed by atoms with Gasteiger partial charge in [-0.3, -0.25) is 0 Å². The number of ether oxygens (including phenoxy) is 1. The molecule has 2 rings (SSSR count). The lowest BCUT2D eigenvalue weighted by molar-refractivity contribution is 0.228. The van der Waals surface area contributed by atoms with Crippen molar-refractivity contribution >= 4 is 75.4 Å². The Morgan fingerprint density at radius 1 is 0.875 bits per heavy atom. The average molecular weight is 339 g/mol. The van der Waals surface area contributed by atoms with Gasteiger partial charge < -0.3 is 4.74 Å². The summed E-state index contributed by atoms with van der Waals surface area (Å²) in [6, 6.07) is 0. The van der Waals surface area contributed by atoms with Crippen molar-refractivity contribution in [1.82, 2.24) is 0 Å². The van der Waals surface area contributed by atoms with Crippen molar-refractivity contribution in [3.8, 4) is 0 Å². The minimum absolute atomic E-state index is 0.0797. The van der Waals surface area contributed by atoms with Gasteiger partial charge in [-0.2, -0.15) is 0 Å². The van der Waals surface area contributed by atoms with Crippen LogP contribution in [0.15, 0.2) is 6.58 Å². The van der Waals surface area contributed by atoms with Crippen LogP contribution in [0.5, 0.6) is 0 Å². The molecule has 1 aliphatic heterocycles. The second kappa shape index (κ2) is 4.01. The van der Waals surface area contributed by atoms with E-state index in [1.165, 1.54) is 0 Å². The standard InChI is InChI=1S/C9H2Cl6O/c1-2-3-4(9(14,15)16-2)6(11)8(13)7(12)5(3)10/h1H2. The lowest BCUT2D eigenvalue weighted by atomic mass is 10.1. The van der Waals surface area contributed by atoms with E-state index in [2.05, 4.69) is 6.58 Å². The van der Waals surface area contributed by atoms with Gasteiger partial charge in [0.15, 0.2) is 0 Å². The minimum atomic E-state index is -1.65. The van der Waals surface area contributed by atoms with E-state index in [1.807, 2.05) is 0 Å². The number of alkyl halides is 2. The Labute approximate surface area is 122 Å². The molecule has 86 valence electrons. The molecular weight excluding hydrogens is 337 g/mol. The first-order valence-electron chi connectivity index (χ1n) is 3.90. The molecular formula is C9H2Cl6O. The average Bonchev–Trinajstić information content (AvgIpc) is 2.42. The molecule has 0 saturated carbocycles. The Morgan fingerprint density at radius 3 is 1.94 bits per heavy atom. The van der Waals surface area contributed by atoms with Gasteiger partial charge in [0, 0.05) is 5.56 Å². The van der Waals surface area contributed by atoms with Crippen LogP contribution in [0.3, 0.4) is 0 Å². The van der Waals surface area contributed by atoms with E-state index in [4.69, 9.17) is 74.3 Å². The van der Waals surface area contributed by atoms with Crippen molar-refractivity contribution in [1.29, 1.82) is 0 Å². The fourth-order valence-corrected chi connectivity index (χ4v) is 3.18. The van der Waals surface area contributed by atoms with E-state index in [-0.39, 0.29) is 31.4 Å². The van der Waals surface area contributed by atoms with Gasteiger partial charge >= 0.3 is 0 Å². The van der Waals surface area contributed by atoms with Crippen molar-refractivity contribution in [2.45, 2.75) is 4.52 Å². The lowest BCUT2D eigenvalue weighted by Crippen LogP contribution is -2.08. The van der Waals surface area contributed by atoms with Crippen molar-refractivity contribution in [2.24, 2.45) is 0 Å². The first-order valence-corrected chi connectivity index (χ1v) is 6.16. The topological polar surface area (TPSA) is 9.23 Å². The van der Waals surface area contributed by atoms with Crippen LogP contribution in [0.1, 0.15) is 11.1 Å². The summed E-state index contributed by atoms with van der Waals surface area (Å²) in [6.07, 6.45) is 0. The van der Waals surface area contributed by atoms with Crippen LogP contribution in [0.25, 0.3) is 5.76 Å². The number of fused-ring (bicyclic) bond motifs is 1. The van der Waals surface area contributed by atoms with Crippen molar-refractivity contribution in [2.75, 3.05) is 0 Å². The summed E-state index contributed by atoms with van der Waals surface area (Å²) in [7, 11) is 0. The molecule has 0 bridgehead atoms. The summed E-state index contributed by atoms with van der Waals surface area (Å²) < 4.78 is 3.49. The van der Waals surface area contributed by atoms with Crippen LogP contribution >= 0.6 is 69.6 Å². The molecule has 0 spiro atoms. The van der Waals surface area contributed by atoms with E-state index in [1.54, 1.807) is 0 Å². The summed E-state index contributed by atoms with van der Waals surface area (Å²) >= 11 is 35.7. The first kappa shape index (κ1) is 12.9. The highest BCUT2D eigenvalue weighted by Gasteiger charge is 2.44. The Kier molecular flexibility index (Phi) is 3.25. The van der Waals surface area contributed by atoms with Crippen molar-refractivity contribution < 1.29 is 4.74 Å². The largest absolute Gasteiger partial charge is 0.454 e. The molecule has 7 heteroatoms. The fraction of sp³-hybridized carbons (Fsp3) is 0.111. The van der Waals surface area contributed by atoms with Gasteiger partial charge in [0.1, 0.15) is 5.76 Å². The molecule has 1 nitrogen and oxygen atoms in total. The SMILES string of the molecule is C=C1OC(Cl)(Cl)c2c(Cl)c(Cl)c(Cl)c(Cl)c21. The zero-order valence-electron chi connectivity index (χ0n) is 7.38. The molecule has 1 heterocycles. The molecule has 1 aromatic rings. The van der Waals surface area contributed by atoms with Crippen molar-refractivity contribution in [3.05, 3.63) is 37.8 Å². The zero-order valence-corrected chi connectivity index (χ0v) is 11.9. The highest BCUT2D eigenvalue weighted by molar-refractivity contribution is 6.55. The van der Waals surface area contributed by atoms with Gasteiger partial charge in [0.2, 0.25) is 0 Å². The Morgan fingerprint density at radius 2 is 1.38 bits per heavy atom. The van der Waals surface area contributed by atoms with Crippen LogP contribution < -0.4 is 0 Å². The molecule has 1 aliphatic rings. The molecule has 0 amide bonds. The zero-order chi connectivity index (χ0) is 12.2. The molecule has 0 atom stereocenters. The molecule has 0 aromatic heterocycles. The summed E-state index contributed by atoms with van der Waals surface area (Å²) in [4.78, 5) is 0. The third kappa shape index (κ3) is 1.69. The van der Waals surface area contributed by atoms with Crippen LogP contribution in [-0.4, -0.2) is 0 Å². The molecule has 0 N–H and O–H groups in total. The number of hydrogen-bond donors (Lipinski definition) is 0. The van der Waals surface area contributed by atoms with E-state index >= 15 is 0 Å². The van der Waals surface area contributed by atoms with Crippen molar-refractivity contribution in [3.63, 3.8) is 0 Å². The minimum Gasteiger partial charge on any atom is -0.454 e. The smallest absolute Gasteiger partial charge is 0.287 e. The van der Waals surface area contributed by atoms with Crippen LogP contribution in [0.2, 0.25) is 20.1 Å². The van der Waals surface area contributed by atoms with E-state index in [9.17, 15) is 0 Å². The molecule has 1 aromatic carbocycles. The van der Waals surface area contributed by atoms with E-state index < -0.39 is 4.52 Å². The van der Waals surface area contributed by atoms with Gasteiger partial charge in [-0.1, -0.05) is 76.2 Å². The first-order chi connectivity index (χ1) is 7.27. The van der Waals surface area contributed by atoms with E-state index in [0.717, 1.165) is 0 Å². The quantitative estimate of drug-likeness (QED) is 0.325. The van der Waals surface area contributed by atoms with Crippen LogP contribution in [0, 0.1) is 0 Å². The number of halogens is 6. The summed E-state index contributed by atoms with van der Waals surface area (Å²) in [5.41, 5.74) is 0.646. The maximum atomic E-state index is 6.00. The second-order valence-corrected chi connectivity index (χ2v) is 5.82. The van der Waals surface area contributed by atoms with Gasteiger partial charge in [-0.05, 0) is 0 Å². The van der Waals surface area contributed by atoms with Gasteiger partial charge in [0.25, 0.3) is 4.52 Å². The molecule has 16 heavy (non-hydrogen) atoms. The Balaban J connectivity index is 2.91. The molecule has 0 aliphatic carbocycles. The molecule has 0 fully saturated rings. The molecule has 0 radical (unpaired) electrons. The predicted molar refractivity (Wildman–Crippen MR) is 70.0 cm³/mol. The highest BCUT2D eigenvalue weighted by Crippen LogP contribution is 2.56. The third-order valence-electron chi connectivity index (χ3n) is 2.09. The maximum absolute atomic E-state index is 6.00. The highest BCUT2D eigenvalue weighted by atomic mass is 35.5. The second-order valence-electron chi connectivity index (χ2n) is 3.05. The number of benzene rings is 1. The van der Waals surface area contributed by atoms with Crippen LogP contribution in [0.4, 0.5) is 0 Å². The van der Waals surface area contributed by atoms with Gasteiger partial charge in [-0.15, -0.1) is 0 Å². The summed E-state index contributed by atoms with van der Waals surface area (Å²) in [6.45, 7) is 3.63. The predicted octanol–water partition coefficient (Wildman–Crippen LogP) is 5.89. The number of hydrogen-bond acceptors (Lipinski definition) is 1. The van der Waals surface area contributed by atoms with Gasteiger partial charge in [0.05, 0.1) is 25.7 Å². The van der Waals surface area contributed by atoms with Gasteiger partial charge in [-0.25, -0.2) is 0 Å². The normalized spacial score (nSPS) is 17.2.